The molecule has 0 spiro atoms. The average molecular weight is 282 g/mol. The lowest BCUT2D eigenvalue weighted by atomic mass is 9.92. The van der Waals surface area contributed by atoms with E-state index in [-0.39, 0.29) is 17.3 Å². The van der Waals surface area contributed by atoms with Crippen molar-refractivity contribution in [1.82, 2.24) is 10.2 Å². The summed E-state index contributed by atoms with van der Waals surface area (Å²) in [6.45, 7) is 8.46. The Morgan fingerprint density at radius 2 is 2.00 bits per heavy atom. The second-order valence-electron chi connectivity index (χ2n) is 6.40. The molecule has 0 aromatic heterocycles. The Balaban J connectivity index is 2.65. The summed E-state index contributed by atoms with van der Waals surface area (Å²) in [5, 5.41) is 3.51. The predicted molar refractivity (Wildman–Crippen MR) is 81.7 cm³/mol. The maximum Gasteiger partial charge on any atom is 0.165 e. The lowest BCUT2D eigenvalue weighted by Crippen LogP contribution is -2.38. The van der Waals surface area contributed by atoms with Crippen molar-refractivity contribution in [2.24, 2.45) is 5.41 Å². The molecule has 1 N–H and O–H groups in total. The van der Waals surface area contributed by atoms with Gasteiger partial charge in [0.1, 0.15) is 0 Å². The highest BCUT2D eigenvalue weighted by molar-refractivity contribution is 5.31. The molecule has 0 amide bonds. The molecule has 0 heterocycles. The summed E-state index contributed by atoms with van der Waals surface area (Å²) in [5.41, 5.74) is 1.21. The molecule has 0 aliphatic rings. The number of benzene rings is 1. The van der Waals surface area contributed by atoms with Crippen molar-refractivity contribution in [3.8, 4) is 5.75 Å². The van der Waals surface area contributed by atoms with Gasteiger partial charge in [-0.15, -0.1) is 0 Å². The molecular formula is C16H27FN2O. The van der Waals surface area contributed by atoms with Crippen LogP contribution in [0.3, 0.4) is 0 Å². The minimum atomic E-state index is -0.323. The fraction of sp³-hybridized carbons (Fsp3) is 0.625. The molecule has 1 aromatic rings. The van der Waals surface area contributed by atoms with Crippen molar-refractivity contribution >= 4 is 0 Å². The molecule has 4 heteroatoms. The van der Waals surface area contributed by atoms with Crippen LogP contribution in [-0.4, -0.2) is 39.2 Å². The molecule has 3 nitrogen and oxygen atoms in total. The van der Waals surface area contributed by atoms with Gasteiger partial charge in [-0.1, -0.05) is 19.9 Å². The number of hydrogen-bond donors (Lipinski definition) is 1. The largest absolute Gasteiger partial charge is 0.494 e. The lowest BCUT2D eigenvalue weighted by molar-refractivity contribution is 0.227. The molecule has 0 aliphatic carbocycles. The smallest absolute Gasteiger partial charge is 0.165 e. The van der Waals surface area contributed by atoms with E-state index in [1.165, 1.54) is 13.2 Å². The van der Waals surface area contributed by atoms with E-state index >= 15 is 0 Å². The number of rotatable bonds is 7. The number of hydrogen-bond acceptors (Lipinski definition) is 3. The van der Waals surface area contributed by atoms with Crippen molar-refractivity contribution in [3.05, 3.63) is 29.6 Å². The van der Waals surface area contributed by atoms with E-state index in [1.807, 2.05) is 0 Å². The van der Waals surface area contributed by atoms with E-state index < -0.39 is 0 Å². The molecule has 0 saturated heterocycles. The minimum Gasteiger partial charge on any atom is -0.494 e. The van der Waals surface area contributed by atoms with Gasteiger partial charge in [0.05, 0.1) is 7.11 Å². The molecular weight excluding hydrogens is 255 g/mol. The molecule has 0 fully saturated rings. The summed E-state index contributed by atoms with van der Waals surface area (Å²) in [6.07, 6.45) is 0. The van der Waals surface area contributed by atoms with Crippen molar-refractivity contribution in [2.75, 3.05) is 34.3 Å². The first kappa shape index (κ1) is 16.9. The van der Waals surface area contributed by atoms with Crippen LogP contribution in [0.1, 0.15) is 32.4 Å². The molecule has 1 rings (SSSR count). The quantitative estimate of drug-likeness (QED) is 0.832. The minimum absolute atomic E-state index is 0.158. The van der Waals surface area contributed by atoms with Crippen LogP contribution < -0.4 is 10.1 Å². The van der Waals surface area contributed by atoms with E-state index in [1.54, 1.807) is 12.1 Å². The lowest BCUT2D eigenvalue weighted by Gasteiger charge is -2.30. The molecule has 20 heavy (non-hydrogen) atoms. The molecule has 1 atom stereocenters. The monoisotopic (exact) mass is 282 g/mol. The van der Waals surface area contributed by atoms with Gasteiger partial charge in [-0.25, -0.2) is 4.39 Å². The third-order valence-corrected chi connectivity index (χ3v) is 3.31. The van der Waals surface area contributed by atoms with Crippen LogP contribution in [0.2, 0.25) is 0 Å². The van der Waals surface area contributed by atoms with Crippen LogP contribution in [0.15, 0.2) is 18.2 Å². The Morgan fingerprint density at radius 1 is 1.35 bits per heavy atom. The van der Waals surface area contributed by atoms with E-state index in [9.17, 15) is 4.39 Å². The molecule has 0 aliphatic heterocycles. The maximum atomic E-state index is 13.4. The second-order valence-corrected chi connectivity index (χ2v) is 6.40. The van der Waals surface area contributed by atoms with Gasteiger partial charge in [0, 0.05) is 19.1 Å². The van der Waals surface area contributed by atoms with E-state index in [0.29, 0.717) is 5.75 Å². The molecule has 1 unspecified atom stereocenters. The second kappa shape index (κ2) is 7.04. The van der Waals surface area contributed by atoms with Crippen LogP contribution in [0, 0.1) is 11.2 Å². The van der Waals surface area contributed by atoms with E-state index in [2.05, 4.69) is 45.1 Å². The highest BCUT2D eigenvalue weighted by Gasteiger charge is 2.20. The number of nitrogens with one attached hydrogen (secondary N) is 1. The first-order valence-electron chi connectivity index (χ1n) is 6.97. The molecule has 0 bridgehead atoms. The van der Waals surface area contributed by atoms with Gasteiger partial charge in [0.2, 0.25) is 0 Å². The van der Waals surface area contributed by atoms with Crippen molar-refractivity contribution in [2.45, 2.75) is 26.8 Å². The standard InChI is InChI=1S/C16H27FN2O/c1-12(18-10-16(2,3)11-19(4)5)13-7-8-14(17)15(9-13)20-6/h7-9,12,18H,10-11H2,1-6H3. The van der Waals surface area contributed by atoms with Gasteiger partial charge in [0.25, 0.3) is 0 Å². The highest BCUT2D eigenvalue weighted by atomic mass is 19.1. The molecule has 114 valence electrons. The highest BCUT2D eigenvalue weighted by Crippen LogP contribution is 2.23. The zero-order valence-corrected chi connectivity index (χ0v) is 13.5. The van der Waals surface area contributed by atoms with Gasteiger partial charge >= 0.3 is 0 Å². The summed E-state index contributed by atoms with van der Waals surface area (Å²) in [5.74, 6) is -0.0277. The summed E-state index contributed by atoms with van der Waals surface area (Å²) in [4.78, 5) is 2.19. The van der Waals surface area contributed by atoms with Gasteiger partial charge in [-0.3, -0.25) is 0 Å². The SMILES string of the molecule is COc1cc(C(C)NCC(C)(C)CN(C)C)ccc1F. The topological polar surface area (TPSA) is 24.5 Å². The number of methoxy groups -OCH3 is 1. The van der Waals surface area contributed by atoms with Crippen LogP contribution in [-0.2, 0) is 0 Å². The maximum absolute atomic E-state index is 13.4. The first-order valence-corrected chi connectivity index (χ1v) is 6.97. The van der Waals surface area contributed by atoms with Gasteiger partial charge in [-0.05, 0) is 44.1 Å². The summed E-state index contributed by atoms with van der Waals surface area (Å²) in [7, 11) is 5.65. The first-order chi connectivity index (χ1) is 9.25. The Bertz CT molecular complexity index is 432. The summed E-state index contributed by atoms with van der Waals surface area (Å²) < 4.78 is 18.4. The summed E-state index contributed by atoms with van der Waals surface area (Å²) in [6, 6.07) is 5.17. The Hall–Kier alpha value is -1.13. The normalized spacial score (nSPS) is 13.6. The van der Waals surface area contributed by atoms with Crippen LogP contribution in [0.5, 0.6) is 5.75 Å². The van der Waals surface area contributed by atoms with Crippen molar-refractivity contribution < 1.29 is 9.13 Å². The molecule has 1 aromatic carbocycles. The third kappa shape index (κ3) is 5.10. The predicted octanol–water partition coefficient (Wildman–Crippen LogP) is 3.07. The number of halogens is 1. The van der Waals surface area contributed by atoms with Crippen molar-refractivity contribution in [1.29, 1.82) is 0 Å². The molecule has 0 radical (unpaired) electrons. The summed E-state index contributed by atoms with van der Waals surface area (Å²) >= 11 is 0. The Labute approximate surface area is 122 Å². The van der Waals surface area contributed by atoms with E-state index in [0.717, 1.165) is 18.7 Å². The zero-order valence-electron chi connectivity index (χ0n) is 13.5. The Kier molecular flexibility index (Phi) is 5.96. The van der Waals surface area contributed by atoms with Crippen molar-refractivity contribution in [3.63, 3.8) is 0 Å². The fourth-order valence-electron chi connectivity index (χ4n) is 2.40. The van der Waals surface area contributed by atoms with Crippen LogP contribution >= 0.6 is 0 Å². The van der Waals surface area contributed by atoms with Gasteiger partial charge in [-0.2, -0.15) is 0 Å². The Morgan fingerprint density at radius 3 is 2.55 bits per heavy atom. The number of ether oxygens (including phenoxy) is 1. The third-order valence-electron chi connectivity index (χ3n) is 3.31. The fourth-order valence-corrected chi connectivity index (χ4v) is 2.40. The van der Waals surface area contributed by atoms with Gasteiger partial charge < -0.3 is 15.0 Å². The van der Waals surface area contributed by atoms with Crippen LogP contribution in [0.25, 0.3) is 0 Å². The average Bonchev–Trinajstić information content (AvgIpc) is 2.35. The van der Waals surface area contributed by atoms with E-state index in [4.69, 9.17) is 4.74 Å². The zero-order chi connectivity index (χ0) is 15.3. The van der Waals surface area contributed by atoms with Crippen LogP contribution in [0.4, 0.5) is 4.39 Å². The molecule has 0 saturated carbocycles. The van der Waals surface area contributed by atoms with Gasteiger partial charge in [0.15, 0.2) is 11.6 Å². The number of nitrogens with zero attached hydrogens (tertiary/aromatic N) is 1.